The molecule has 0 unspecified atom stereocenters. The summed E-state index contributed by atoms with van der Waals surface area (Å²) in [5, 5.41) is 2.34. The summed E-state index contributed by atoms with van der Waals surface area (Å²) in [5.74, 6) is 0. The van der Waals surface area contributed by atoms with E-state index in [0.717, 1.165) is 23.9 Å². The Hall–Kier alpha value is -3.07. The van der Waals surface area contributed by atoms with Gasteiger partial charge in [0, 0.05) is 35.9 Å². The fourth-order valence-electron chi connectivity index (χ4n) is 3.98. The Bertz CT molecular complexity index is 1180. The van der Waals surface area contributed by atoms with Gasteiger partial charge < -0.3 is 9.13 Å². The van der Waals surface area contributed by atoms with E-state index < -0.39 is 0 Å². The number of rotatable bonds is 4. The summed E-state index contributed by atoms with van der Waals surface area (Å²) in [4.78, 5) is 12.1. The van der Waals surface area contributed by atoms with Crippen molar-refractivity contribution in [3.8, 4) is 11.3 Å². The molecule has 0 aliphatic carbocycles. The zero-order valence-corrected chi connectivity index (χ0v) is 15.2. The fourth-order valence-corrected chi connectivity index (χ4v) is 3.98. The first-order valence-electron chi connectivity index (χ1n) is 8.97. The van der Waals surface area contributed by atoms with Crippen LogP contribution in [0.25, 0.3) is 33.1 Å². The third-order valence-electron chi connectivity index (χ3n) is 5.15. The Morgan fingerprint density at radius 2 is 1.73 bits per heavy atom. The van der Waals surface area contributed by atoms with Crippen LogP contribution in [0.2, 0.25) is 0 Å². The minimum Gasteiger partial charge on any atom is -0.341 e. The molecule has 3 heteroatoms. The predicted octanol–water partition coefficient (Wildman–Crippen LogP) is 4.91. The average Bonchev–Trinajstić information content (AvgIpc) is 2.99. The second kappa shape index (κ2) is 6.34. The van der Waals surface area contributed by atoms with Gasteiger partial charge in [0.05, 0.1) is 11.2 Å². The van der Waals surface area contributed by atoms with Crippen LogP contribution < -0.4 is 5.56 Å². The summed E-state index contributed by atoms with van der Waals surface area (Å²) in [6.45, 7) is 7.04. The molecule has 4 aromatic rings. The molecule has 2 aromatic heterocycles. The van der Waals surface area contributed by atoms with Crippen molar-refractivity contribution in [2.45, 2.75) is 19.9 Å². The molecule has 0 N–H and O–H groups in total. The van der Waals surface area contributed by atoms with Crippen molar-refractivity contribution in [2.75, 3.05) is 0 Å². The van der Waals surface area contributed by atoms with Crippen LogP contribution >= 0.6 is 0 Å². The zero-order valence-electron chi connectivity index (χ0n) is 15.2. The van der Waals surface area contributed by atoms with Gasteiger partial charge in [-0.05, 0) is 42.7 Å². The fraction of sp³-hybridized carbons (Fsp3) is 0.174. The molecule has 0 bridgehead atoms. The Labute approximate surface area is 152 Å². The molecule has 0 radical (unpaired) electrons. The molecule has 0 spiro atoms. The Balaban J connectivity index is 2.23. The van der Waals surface area contributed by atoms with Crippen molar-refractivity contribution < 1.29 is 0 Å². The summed E-state index contributed by atoms with van der Waals surface area (Å²) in [6.07, 6.45) is 2.75. The van der Waals surface area contributed by atoms with Gasteiger partial charge >= 0.3 is 0 Å². The van der Waals surface area contributed by atoms with Gasteiger partial charge in [0.2, 0.25) is 0 Å². The Morgan fingerprint density at radius 1 is 1.00 bits per heavy atom. The lowest BCUT2D eigenvalue weighted by Gasteiger charge is -2.10. The maximum Gasteiger partial charge on any atom is 0.250 e. The standard InChI is InChI=1S/C23H22N2O/c1-4-9-18-22-17-12-15-21(26)24(3)19(17)13-14-20(22)25(5-2)23(18)16-10-7-6-8-11-16/h4,6-8,10-15H,1,5,9H2,2-3H3. The number of nitrogens with zero attached hydrogens (tertiary/aromatic N) is 2. The largest absolute Gasteiger partial charge is 0.341 e. The molecular formula is C23H22N2O. The summed E-state index contributed by atoms with van der Waals surface area (Å²) in [5.41, 5.74) is 5.90. The second-order valence-corrected chi connectivity index (χ2v) is 6.55. The highest BCUT2D eigenvalue weighted by Gasteiger charge is 2.19. The minimum atomic E-state index is 0.0142. The lowest BCUT2D eigenvalue weighted by Crippen LogP contribution is -2.15. The highest BCUT2D eigenvalue weighted by molar-refractivity contribution is 6.10. The van der Waals surface area contributed by atoms with E-state index >= 15 is 0 Å². The Kier molecular flexibility index (Phi) is 4.00. The van der Waals surface area contributed by atoms with Crippen molar-refractivity contribution >= 4 is 21.8 Å². The van der Waals surface area contributed by atoms with Crippen LogP contribution in [0.3, 0.4) is 0 Å². The van der Waals surface area contributed by atoms with Crippen LogP contribution in [-0.2, 0) is 20.0 Å². The molecule has 0 saturated heterocycles. The molecule has 3 nitrogen and oxygen atoms in total. The van der Waals surface area contributed by atoms with Gasteiger partial charge in [0.1, 0.15) is 0 Å². The molecule has 0 amide bonds. The first kappa shape index (κ1) is 16.4. The topological polar surface area (TPSA) is 26.9 Å². The van der Waals surface area contributed by atoms with Crippen LogP contribution in [0.1, 0.15) is 12.5 Å². The van der Waals surface area contributed by atoms with Crippen molar-refractivity contribution in [3.05, 3.63) is 83.2 Å². The van der Waals surface area contributed by atoms with Crippen LogP contribution in [0, 0.1) is 0 Å². The van der Waals surface area contributed by atoms with Crippen molar-refractivity contribution in [2.24, 2.45) is 7.05 Å². The number of pyridine rings is 1. The number of hydrogen-bond donors (Lipinski definition) is 0. The summed E-state index contributed by atoms with van der Waals surface area (Å²) >= 11 is 0. The van der Waals surface area contributed by atoms with Crippen molar-refractivity contribution in [1.82, 2.24) is 9.13 Å². The van der Waals surface area contributed by atoms with Gasteiger partial charge in [-0.25, -0.2) is 0 Å². The quantitative estimate of drug-likeness (QED) is 0.484. The van der Waals surface area contributed by atoms with Gasteiger partial charge in [-0.2, -0.15) is 0 Å². The van der Waals surface area contributed by atoms with E-state index in [1.165, 1.54) is 27.7 Å². The number of aryl methyl sites for hydroxylation is 2. The lowest BCUT2D eigenvalue weighted by molar-refractivity contribution is 0.802. The second-order valence-electron chi connectivity index (χ2n) is 6.55. The Morgan fingerprint density at radius 3 is 2.42 bits per heavy atom. The molecule has 2 aromatic carbocycles. The van der Waals surface area contributed by atoms with Gasteiger partial charge in [0.15, 0.2) is 0 Å². The van der Waals surface area contributed by atoms with Crippen LogP contribution in [0.15, 0.2) is 72.0 Å². The number of fused-ring (bicyclic) bond motifs is 3. The molecule has 2 heterocycles. The maximum absolute atomic E-state index is 12.1. The SMILES string of the molecule is C=CCc1c(-c2ccccc2)n(CC)c2ccc3c(ccc(=O)n3C)c12. The lowest BCUT2D eigenvalue weighted by atomic mass is 10.00. The maximum atomic E-state index is 12.1. The summed E-state index contributed by atoms with van der Waals surface area (Å²) in [6, 6.07) is 18.3. The summed E-state index contributed by atoms with van der Waals surface area (Å²) < 4.78 is 4.09. The monoisotopic (exact) mass is 342 g/mol. The normalized spacial score (nSPS) is 11.3. The summed E-state index contributed by atoms with van der Waals surface area (Å²) in [7, 11) is 1.83. The molecule has 0 saturated carbocycles. The third kappa shape index (κ3) is 2.31. The van der Waals surface area contributed by atoms with E-state index in [4.69, 9.17) is 0 Å². The average molecular weight is 342 g/mol. The van der Waals surface area contributed by atoms with Gasteiger partial charge in [-0.3, -0.25) is 4.79 Å². The van der Waals surface area contributed by atoms with E-state index in [0.29, 0.717) is 0 Å². The molecule has 0 aliphatic rings. The van der Waals surface area contributed by atoms with E-state index in [1.807, 2.05) is 25.3 Å². The van der Waals surface area contributed by atoms with Crippen LogP contribution in [-0.4, -0.2) is 9.13 Å². The molecule has 130 valence electrons. The first-order chi connectivity index (χ1) is 12.7. The third-order valence-corrected chi connectivity index (χ3v) is 5.15. The predicted molar refractivity (Wildman–Crippen MR) is 110 cm³/mol. The van der Waals surface area contributed by atoms with E-state index in [-0.39, 0.29) is 5.56 Å². The molecule has 0 fully saturated rings. The number of benzene rings is 2. The van der Waals surface area contributed by atoms with Gasteiger partial charge in [-0.15, -0.1) is 6.58 Å². The zero-order chi connectivity index (χ0) is 18.3. The van der Waals surface area contributed by atoms with E-state index in [1.54, 1.807) is 10.6 Å². The smallest absolute Gasteiger partial charge is 0.250 e. The number of allylic oxidation sites excluding steroid dienone is 1. The molecule has 0 atom stereocenters. The molecular weight excluding hydrogens is 320 g/mol. The van der Waals surface area contributed by atoms with Gasteiger partial charge in [-0.1, -0.05) is 36.4 Å². The highest BCUT2D eigenvalue weighted by atomic mass is 16.1. The minimum absolute atomic E-state index is 0.0142. The number of hydrogen-bond acceptors (Lipinski definition) is 1. The molecule has 0 aliphatic heterocycles. The number of aromatic nitrogens is 2. The van der Waals surface area contributed by atoms with Gasteiger partial charge in [0.25, 0.3) is 5.56 Å². The van der Waals surface area contributed by atoms with E-state index in [9.17, 15) is 4.79 Å². The highest BCUT2D eigenvalue weighted by Crippen LogP contribution is 2.38. The molecule has 26 heavy (non-hydrogen) atoms. The first-order valence-corrected chi connectivity index (χ1v) is 8.97. The van der Waals surface area contributed by atoms with Crippen LogP contribution in [0.4, 0.5) is 0 Å². The van der Waals surface area contributed by atoms with Crippen molar-refractivity contribution in [1.29, 1.82) is 0 Å². The van der Waals surface area contributed by atoms with E-state index in [2.05, 4.69) is 54.5 Å². The van der Waals surface area contributed by atoms with Crippen molar-refractivity contribution in [3.63, 3.8) is 0 Å². The molecule has 4 rings (SSSR count). The van der Waals surface area contributed by atoms with Crippen LogP contribution in [0.5, 0.6) is 0 Å².